The van der Waals surface area contributed by atoms with Crippen molar-refractivity contribution in [2.75, 3.05) is 0 Å². The Morgan fingerprint density at radius 1 is 1.08 bits per heavy atom. The van der Waals surface area contributed by atoms with E-state index in [0.717, 1.165) is 12.0 Å². The van der Waals surface area contributed by atoms with Crippen molar-refractivity contribution in [3.05, 3.63) is 35.4 Å². The van der Waals surface area contributed by atoms with Gasteiger partial charge in [0.1, 0.15) is 0 Å². The smallest absolute Gasteiger partial charge is 0.0681 e. The van der Waals surface area contributed by atoms with Crippen LogP contribution < -0.4 is 0 Å². The first-order valence-electron chi connectivity index (χ1n) is 4.55. The zero-order valence-electron chi connectivity index (χ0n) is 7.59. The van der Waals surface area contributed by atoms with Gasteiger partial charge in [-0.1, -0.05) is 37.6 Å². The van der Waals surface area contributed by atoms with Gasteiger partial charge in [-0.2, -0.15) is 0 Å². The Balaban J connectivity index is 2.53. The van der Waals surface area contributed by atoms with Crippen molar-refractivity contribution < 1.29 is 5.11 Å². The van der Waals surface area contributed by atoms with Crippen LogP contribution in [-0.4, -0.2) is 5.11 Å². The first-order chi connectivity index (χ1) is 5.86. The Kier molecular flexibility index (Phi) is 3.81. The van der Waals surface area contributed by atoms with Crippen molar-refractivity contribution in [3.63, 3.8) is 0 Å². The molecule has 1 heteroatoms. The highest BCUT2D eigenvalue weighted by molar-refractivity contribution is 5.21. The monoisotopic (exact) mass is 164 g/mol. The van der Waals surface area contributed by atoms with Crippen LogP contribution in [0.15, 0.2) is 24.3 Å². The van der Waals surface area contributed by atoms with E-state index in [9.17, 15) is 0 Å². The fraction of sp³-hybridized carbons (Fsp3) is 0.455. The molecule has 0 amide bonds. The number of aliphatic hydroxyl groups excluding tert-OH is 1. The lowest BCUT2D eigenvalue weighted by Gasteiger charge is -2.00. The molecule has 0 saturated heterocycles. The van der Waals surface area contributed by atoms with Crippen LogP contribution in [0, 0.1) is 0 Å². The minimum Gasteiger partial charge on any atom is -0.392 e. The van der Waals surface area contributed by atoms with Gasteiger partial charge in [-0.25, -0.2) is 0 Å². The molecule has 1 nitrogen and oxygen atoms in total. The Morgan fingerprint density at radius 2 is 1.67 bits per heavy atom. The minimum absolute atomic E-state index is 0.147. The topological polar surface area (TPSA) is 20.2 Å². The summed E-state index contributed by atoms with van der Waals surface area (Å²) in [6.45, 7) is 2.34. The second-order valence-electron chi connectivity index (χ2n) is 3.08. The van der Waals surface area contributed by atoms with Gasteiger partial charge in [-0.15, -0.1) is 0 Å². The van der Waals surface area contributed by atoms with E-state index in [4.69, 9.17) is 5.11 Å². The molecule has 0 atom stereocenters. The van der Waals surface area contributed by atoms with Crippen LogP contribution in [0.5, 0.6) is 0 Å². The number of hydrogen-bond donors (Lipinski definition) is 1. The largest absolute Gasteiger partial charge is 0.392 e. The van der Waals surface area contributed by atoms with Crippen molar-refractivity contribution in [1.82, 2.24) is 0 Å². The van der Waals surface area contributed by atoms with Crippen molar-refractivity contribution in [3.8, 4) is 0 Å². The van der Waals surface area contributed by atoms with Crippen molar-refractivity contribution in [2.24, 2.45) is 0 Å². The highest BCUT2D eigenvalue weighted by Gasteiger charge is 1.92. The Morgan fingerprint density at radius 3 is 2.17 bits per heavy atom. The predicted molar refractivity (Wildman–Crippen MR) is 51.0 cm³/mol. The molecule has 0 saturated carbocycles. The molecule has 0 unspecified atom stereocenters. The molecule has 0 aliphatic rings. The molecular formula is C11H16O. The lowest BCUT2D eigenvalue weighted by Crippen LogP contribution is -1.86. The molecule has 0 heterocycles. The van der Waals surface area contributed by atoms with Gasteiger partial charge in [0.2, 0.25) is 0 Å². The average Bonchev–Trinajstić information content (AvgIpc) is 2.15. The van der Waals surface area contributed by atoms with E-state index in [2.05, 4.69) is 19.1 Å². The summed E-state index contributed by atoms with van der Waals surface area (Å²) in [6.07, 6.45) is 3.64. The van der Waals surface area contributed by atoms with E-state index >= 15 is 0 Å². The summed E-state index contributed by atoms with van der Waals surface area (Å²) >= 11 is 0. The van der Waals surface area contributed by atoms with Gasteiger partial charge in [-0.3, -0.25) is 0 Å². The van der Waals surface area contributed by atoms with E-state index in [1.54, 1.807) is 0 Å². The fourth-order valence-corrected chi connectivity index (χ4v) is 1.19. The second-order valence-corrected chi connectivity index (χ2v) is 3.08. The van der Waals surface area contributed by atoms with Crippen LogP contribution in [0.3, 0.4) is 0 Å². The molecule has 1 aromatic carbocycles. The molecule has 0 aliphatic heterocycles. The van der Waals surface area contributed by atoms with E-state index in [1.807, 2.05) is 12.1 Å². The van der Waals surface area contributed by atoms with E-state index < -0.39 is 0 Å². The number of aryl methyl sites for hydroxylation is 1. The van der Waals surface area contributed by atoms with Gasteiger partial charge in [0.05, 0.1) is 6.61 Å². The van der Waals surface area contributed by atoms with Crippen molar-refractivity contribution in [2.45, 2.75) is 32.8 Å². The summed E-state index contributed by atoms with van der Waals surface area (Å²) in [6, 6.07) is 8.18. The molecule has 66 valence electrons. The predicted octanol–water partition coefficient (Wildman–Crippen LogP) is 2.52. The normalized spacial score (nSPS) is 10.2. The zero-order chi connectivity index (χ0) is 8.81. The zero-order valence-corrected chi connectivity index (χ0v) is 7.59. The van der Waals surface area contributed by atoms with Crippen molar-refractivity contribution >= 4 is 0 Å². The van der Waals surface area contributed by atoms with Crippen LogP contribution in [0.2, 0.25) is 0 Å². The maximum atomic E-state index is 8.80. The summed E-state index contributed by atoms with van der Waals surface area (Å²) < 4.78 is 0. The molecule has 1 aromatic rings. The van der Waals surface area contributed by atoms with Gasteiger partial charge >= 0.3 is 0 Å². The molecule has 1 rings (SSSR count). The summed E-state index contributed by atoms with van der Waals surface area (Å²) in [5.41, 5.74) is 2.37. The van der Waals surface area contributed by atoms with Gasteiger partial charge in [-0.05, 0) is 24.0 Å². The average molecular weight is 164 g/mol. The molecule has 1 N–H and O–H groups in total. The molecule has 0 aromatic heterocycles. The van der Waals surface area contributed by atoms with E-state index in [-0.39, 0.29) is 6.61 Å². The lowest BCUT2D eigenvalue weighted by atomic mass is 10.1. The standard InChI is InChI=1S/C11H16O/c1-2-3-4-10-5-7-11(9-12)8-6-10/h5-8,12H,2-4,9H2,1H3. The summed E-state index contributed by atoms with van der Waals surface area (Å²) in [4.78, 5) is 0. The molecule has 12 heavy (non-hydrogen) atoms. The summed E-state index contributed by atoms with van der Waals surface area (Å²) in [7, 11) is 0. The van der Waals surface area contributed by atoms with Gasteiger partial charge in [0, 0.05) is 0 Å². The molecule has 0 bridgehead atoms. The van der Waals surface area contributed by atoms with Crippen LogP contribution in [-0.2, 0) is 13.0 Å². The highest BCUT2D eigenvalue weighted by atomic mass is 16.3. The number of unbranched alkanes of at least 4 members (excludes halogenated alkanes) is 1. The summed E-state index contributed by atoms with van der Waals surface area (Å²) in [5.74, 6) is 0. The second kappa shape index (κ2) is 4.94. The summed E-state index contributed by atoms with van der Waals surface area (Å²) in [5, 5.41) is 8.80. The first kappa shape index (κ1) is 9.27. The minimum atomic E-state index is 0.147. The molecule has 0 fully saturated rings. The van der Waals surface area contributed by atoms with E-state index in [1.165, 1.54) is 18.4 Å². The highest BCUT2D eigenvalue weighted by Crippen LogP contribution is 2.07. The third-order valence-corrected chi connectivity index (χ3v) is 2.02. The van der Waals surface area contributed by atoms with Crippen LogP contribution in [0.4, 0.5) is 0 Å². The Hall–Kier alpha value is -0.820. The van der Waals surface area contributed by atoms with Gasteiger partial charge in [0.15, 0.2) is 0 Å². The molecule has 0 spiro atoms. The molecular weight excluding hydrogens is 148 g/mol. The SMILES string of the molecule is CCCCc1ccc(CO)cc1. The van der Waals surface area contributed by atoms with E-state index in [0.29, 0.717) is 0 Å². The van der Waals surface area contributed by atoms with Gasteiger partial charge < -0.3 is 5.11 Å². The molecule has 0 radical (unpaired) electrons. The van der Waals surface area contributed by atoms with Crippen LogP contribution >= 0.6 is 0 Å². The Bertz CT molecular complexity index is 213. The third-order valence-electron chi connectivity index (χ3n) is 2.02. The Labute approximate surface area is 74.1 Å². The quantitative estimate of drug-likeness (QED) is 0.725. The maximum absolute atomic E-state index is 8.80. The van der Waals surface area contributed by atoms with Gasteiger partial charge in [0.25, 0.3) is 0 Å². The number of rotatable bonds is 4. The number of hydrogen-bond acceptors (Lipinski definition) is 1. The van der Waals surface area contributed by atoms with Crippen LogP contribution in [0.1, 0.15) is 30.9 Å². The number of aliphatic hydroxyl groups is 1. The third kappa shape index (κ3) is 2.67. The van der Waals surface area contributed by atoms with Crippen molar-refractivity contribution in [1.29, 1.82) is 0 Å². The van der Waals surface area contributed by atoms with Crippen LogP contribution in [0.25, 0.3) is 0 Å². The maximum Gasteiger partial charge on any atom is 0.0681 e. The first-order valence-corrected chi connectivity index (χ1v) is 4.55. The number of benzene rings is 1. The lowest BCUT2D eigenvalue weighted by molar-refractivity contribution is 0.282. The fourth-order valence-electron chi connectivity index (χ4n) is 1.19. The molecule has 0 aliphatic carbocycles.